The maximum absolute atomic E-state index is 11.6. The number of nitrogens with zero attached hydrogens (tertiary/aromatic N) is 2. The Morgan fingerprint density at radius 3 is 2.80 bits per heavy atom. The van der Waals surface area contributed by atoms with Crippen LogP contribution < -0.4 is 5.56 Å². The van der Waals surface area contributed by atoms with Gasteiger partial charge in [-0.05, 0) is 30.7 Å². The van der Waals surface area contributed by atoms with Gasteiger partial charge in [-0.15, -0.1) is 0 Å². The zero-order chi connectivity index (χ0) is 10.8. The molecular weight excluding hydrogens is 256 g/mol. The monoisotopic (exact) mass is 264 g/mol. The van der Waals surface area contributed by atoms with E-state index >= 15 is 0 Å². The lowest BCUT2D eigenvalue weighted by molar-refractivity contribution is 0.800. The number of aromatic nitrogens is 2. The van der Waals surface area contributed by atoms with Gasteiger partial charge in [-0.2, -0.15) is 9.78 Å². The Labute approximate surface area is 95.5 Å². The maximum atomic E-state index is 11.6. The Morgan fingerprint density at radius 1 is 1.33 bits per heavy atom. The third-order valence-corrected chi connectivity index (χ3v) is 2.48. The van der Waals surface area contributed by atoms with Crippen molar-refractivity contribution in [3.05, 3.63) is 56.9 Å². The molecule has 0 fully saturated rings. The highest BCUT2D eigenvalue weighted by Gasteiger charge is 2.00. The van der Waals surface area contributed by atoms with Gasteiger partial charge in [-0.1, -0.05) is 22.0 Å². The molecular formula is C11H9BrN2O. The first-order valence-corrected chi connectivity index (χ1v) is 5.28. The second-order valence-corrected chi connectivity index (χ2v) is 4.18. The molecule has 0 atom stereocenters. The summed E-state index contributed by atoms with van der Waals surface area (Å²) in [6, 6.07) is 9.03. The molecule has 0 saturated heterocycles. The normalized spacial score (nSPS) is 10.3. The van der Waals surface area contributed by atoms with Crippen molar-refractivity contribution < 1.29 is 0 Å². The highest BCUT2D eigenvalue weighted by atomic mass is 79.9. The number of hydrogen-bond acceptors (Lipinski definition) is 2. The summed E-state index contributed by atoms with van der Waals surface area (Å²) in [5, 5.41) is 4.07. The van der Waals surface area contributed by atoms with Crippen LogP contribution in [0.1, 0.15) is 5.56 Å². The minimum atomic E-state index is -0.117. The first kappa shape index (κ1) is 10.1. The highest BCUT2D eigenvalue weighted by molar-refractivity contribution is 9.10. The molecule has 76 valence electrons. The molecule has 0 saturated carbocycles. The molecule has 2 rings (SSSR count). The number of aryl methyl sites for hydroxylation is 1. The number of halogens is 1. The van der Waals surface area contributed by atoms with Crippen molar-refractivity contribution in [2.24, 2.45) is 0 Å². The second-order valence-electron chi connectivity index (χ2n) is 3.26. The van der Waals surface area contributed by atoms with E-state index in [0.29, 0.717) is 0 Å². The van der Waals surface area contributed by atoms with Crippen LogP contribution in [-0.4, -0.2) is 9.78 Å². The summed E-state index contributed by atoms with van der Waals surface area (Å²) in [6.07, 6.45) is 1.67. The van der Waals surface area contributed by atoms with Crippen LogP contribution in [0, 0.1) is 6.92 Å². The SMILES string of the molecule is Cc1cnn(-c2cccc(Br)c2)c(=O)c1. The van der Waals surface area contributed by atoms with Gasteiger partial charge in [0.2, 0.25) is 0 Å². The van der Waals surface area contributed by atoms with E-state index in [2.05, 4.69) is 21.0 Å². The standard InChI is InChI=1S/C11H9BrN2O/c1-8-5-11(15)14(13-7-8)10-4-2-3-9(12)6-10/h2-7H,1H3. The molecule has 0 aliphatic carbocycles. The van der Waals surface area contributed by atoms with E-state index in [-0.39, 0.29) is 5.56 Å². The van der Waals surface area contributed by atoms with Crippen molar-refractivity contribution in [2.45, 2.75) is 6.92 Å². The summed E-state index contributed by atoms with van der Waals surface area (Å²) in [5.41, 5.74) is 1.51. The quantitative estimate of drug-likeness (QED) is 0.793. The molecule has 0 aliphatic heterocycles. The minimum absolute atomic E-state index is 0.117. The largest absolute Gasteiger partial charge is 0.271 e. The third-order valence-electron chi connectivity index (χ3n) is 1.99. The summed E-state index contributed by atoms with van der Waals surface area (Å²) >= 11 is 3.36. The Morgan fingerprint density at radius 2 is 2.13 bits per heavy atom. The molecule has 1 aromatic carbocycles. The van der Waals surface area contributed by atoms with Gasteiger partial charge in [0.05, 0.1) is 11.9 Å². The van der Waals surface area contributed by atoms with E-state index in [0.717, 1.165) is 15.7 Å². The second kappa shape index (κ2) is 3.98. The van der Waals surface area contributed by atoms with Gasteiger partial charge in [-0.25, -0.2) is 0 Å². The number of benzene rings is 1. The summed E-state index contributed by atoms with van der Waals surface area (Å²) < 4.78 is 2.30. The van der Waals surface area contributed by atoms with Crippen molar-refractivity contribution in [2.75, 3.05) is 0 Å². The molecule has 2 aromatic rings. The van der Waals surface area contributed by atoms with Crippen LogP contribution in [0.2, 0.25) is 0 Å². The van der Waals surface area contributed by atoms with Crippen LogP contribution in [0.25, 0.3) is 5.69 Å². The van der Waals surface area contributed by atoms with Gasteiger partial charge in [-0.3, -0.25) is 4.79 Å². The Kier molecular flexibility index (Phi) is 2.68. The van der Waals surface area contributed by atoms with Crippen LogP contribution in [-0.2, 0) is 0 Å². The van der Waals surface area contributed by atoms with Crippen LogP contribution in [0.15, 0.2) is 45.8 Å². The van der Waals surface area contributed by atoms with Crippen LogP contribution in [0.5, 0.6) is 0 Å². The van der Waals surface area contributed by atoms with Gasteiger partial charge in [0.25, 0.3) is 5.56 Å². The zero-order valence-corrected chi connectivity index (χ0v) is 9.73. The van der Waals surface area contributed by atoms with Crippen LogP contribution >= 0.6 is 15.9 Å². The molecule has 0 radical (unpaired) electrons. The summed E-state index contributed by atoms with van der Waals surface area (Å²) in [5.74, 6) is 0. The van der Waals surface area contributed by atoms with E-state index in [1.54, 1.807) is 12.3 Å². The minimum Gasteiger partial charge on any atom is -0.267 e. The lowest BCUT2D eigenvalue weighted by Crippen LogP contribution is -2.20. The Bertz CT molecular complexity index is 548. The van der Waals surface area contributed by atoms with E-state index in [4.69, 9.17) is 0 Å². The lowest BCUT2D eigenvalue weighted by Gasteiger charge is -2.04. The predicted molar refractivity (Wildman–Crippen MR) is 62.3 cm³/mol. The molecule has 0 amide bonds. The first-order chi connectivity index (χ1) is 7.16. The molecule has 4 heteroatoms. The van der Waals surface area contributed by atoms with Crippen molar-refractivity contribution in [1.82, 2.24) is 9.78 Å². The topological polar surface area (TPSA) is 34.9 Å². The van der Waals surface area contributed by atoms with Gasteiger partial charge in [0, 0.05) is 10.5 Å². The lowest BCUT2D eigenvalue weighted by atomic mass is 10.3. The molecule has 1 heterocycles. The van der Waals surface area contributed by atoms with Crippen LogP contribution in [0.3, 0.4) is 0 Å². The van der Waals surface area contributed by atoms with E-state index < -0.39 is 0 Å². The molecule has 3 nitrogen and oxygen atoms in total. The third kappa shape index (κ3) is 2.15. The molecule has 0 spiro atoms. The maximum Gasteiger partial charge on any atom is 0.271 e. The van der Waals surface area contributed by atoms with Crippen molar-refractivity contribution in [3.8, 4) is 5.69 Å². The molecule has 15 heavy (non-hydrogen) atoms. The molecule has 0 N–H and O–H groups in total. The average molecular weight is 265 g/mol. The van der Waals surface area contributed by atoms with Crippen molar-refractivity contribution in [3.63, 3.8) is 0 Å². The fourth-order valence-corrected chi connectivity index (χ4v) is 1.69. The van der Waals surface area contributed by atoms with Gasteiger partial charge in [0.1, 0.15) is 0 Å². The molecule has 1 aromatic heterocycles. The number of rotatable bonds is 1. The average Bonchev–Trinajstić information content (AvgIpc) is 2.17. The number of hydrogen-bond donors (Lipinski definition) is 0. The van der Waals surface area contributed by atoms with Gasteiger partial charge in [0.15, 0.2) is 0 Å². The Hall–Kier alpha value is -1.42. The summed E-state index contributed by atoms with van der Waals surface area (Å²) in [4.78, 5) is 11.6. The fourth-order valence-electron chi connectivity index (χ4n) is 1.30. The first-order valence-electron chi connectivity index (χ1n) is 4.49. The van der Waals surface area contributed by atoms with Gasteiger partial charge < -0.3 is 0 Å². The van der Waals surface area contributed by atoms with Crippen LogP contribution in [0.4, 0.5) is 0 Å². The highest BCUT2D eigenvalue weighted by Crippen LogP contribution is 2.13. The molecule has 0 bridgehead atoms. The van der Waals surface area contributed by atoms with Gasteiger partial charge >= 0.3 is 0 Å². The van der Waals surface area contributed by atoms with E-state index in [1.165, 1.54) is 4.68 Å². The summed E-state index contributed by atoms with van der Waals surface area (Å²) in [6.45, 7) is 1.85. The zero-order valence-electron chi connectivity index (χ0n) is 8.14. The smallest absolute Gasteiger partial charge is 0.267 e. The van der Waals surface area contributed by atoms with Crippen molar-refractivity contribution in [1.29, 1.82) is 0 Å². The summed E-state index contributed by atoms with van der Waals surface area (Å²) in [7, 11) is 0. The Balaban J connectivity index is 2.59. The van der Waals surface area contributed by atoms with E-state index in [1.807, 2.05) is 31.2 Å². The van der Waals surface area contributed by atoms with Crippen molar-refractivity contribution >= 4 is 15.9 Å². The molecule has 0 unspecified atom stereocenters. The fraction of sp³-hybridized carbons (Fsp3) is 0.0909. The predicted octanol–water partition coefficient (Wildman–Crippen LogP) is 2.30. The van der Waals surface area contributed by atoms with E-state index in [9.17, 15) is 4.79 Å². The molecule has 0 aliphatic rings.